The molecule has 4 heteroatoms. The standard InChI is InChI=1S/C25H22N3O/c1-15-7-5-6-8-18(15)23-13-21(16(2)14-28(23)4)22-12-11-20-19-10-9-17(3)26-24(19)29-25(20)27-22/h5-14H,1-4H3/q+1. The van der Waals surface area contributed by atoms with E-state index in [-0.39, 0.29) is 0 Å². The number of aryl methyl sites for hydroxylation is 4. The first-order valence-corrected chi connectivity index (χ1v) is 9.75. The van der Waals surface area contributed by atoms with Gasteiger partial charge < -0.3 is 4.42 Å². The van der Waals surface area contributed by atoms with E-state index in [0.717, 1.165) is 33.4 Å². The minimum Gasteiger partial charge on any atom is -0.419 e. The van der Waals surface area contributed by atoms with Gasteiger partial charge in [0.2, 0.25) is 17.1 Å². The van der Waals surface area contributed by atoms with E-state index in [9.17, 15) is 0 Å². The first kappa shape index (κ1) is 17.6. The van der Waals surface area contributed by atoms with Crippen LogP contribution in [0.5, 0.6) is 0 Å². The summed E-state index contributed by atoms with van der Waals surface area (Å²) in [5.74, 6) is 0. The van der Waals surface area contributed by atoms with Crippen molar-refractivity contribution in [2.75, 3.05) is 0 Å². The summed E-state index contributed by atoms with van der Waals surface area (Å²) in [4.78, 5) is 9.34. The Morgan fingerprint density at radius 2 is 1.48 bits per heavy atom. The van der Waals surface area contributed by atoms with Gasteiger partial charge in [0.15, 0.2) is 6.20 Å². The highest BCUT2D eigenvalue weighted by Gasteiger charge is 2.18. The Balaban J connectivity index is 1.71. The second-order valence-electron chi connectivity index (χ2n) is 7.64. The lowest BCUT2D eigenvalue weighted by molar-refractivity contribution is -0.660. The van der Waals surface area contributed by atoms with Crippen LogP contribution in [0.25, 0.3) is 44.7 Å². The Hall–Kier alpha value is -3.53. The predicted octanol–water partition coefficient (Wildman–Crippen LogP) is 5.46. The van der Waals surface area contributed by atoms with Gasteiger partial charge in [0, 0.05) is 39.2 Å². The van der Waals surface area contributed by atoms with Gasteiger partial charge in [-0.05, 0) is 56.7 Å². The normalized spacial score (nSPS) is 11.4. The lowest BCUT2D eigenvalue weighted by Crippen LogP contribution is -2.31. The lowest BCUT2D eigenvalue weighted by Gasteiger charge is -2.09. The number of fused-ring (bicyclic) bond motifs is 3. The van der Waals surface area contributed by atoms with Crippen LogP contribution in [0.1, 0.15) is 16.8 Å². The highest BCUT2D eigenvalue weighted by Crippen LogP contribution is 2.31. The van der Waals surface area contributed by atoms with Crippen LogP contribution in [0.4, 0.5) is 0 Å². The fourth-order valence-electron chi connectivity index (χ4n) is 3.97. The average molecular weight is 380 g/mol. The molecule has 0 spiro atoms. The van der Waals surface area contributed by atoms with E-state index in [2.05, 4.69) is 85.2 Å². The fraction of sp³-hybridized carbons (Fsp3) is 0.160. The summed E-state index contributed by atoms with van der Waals surface area (Å²) in [6.45, 7) is 6.22. The molecule has 0 radical (unpaired) electrons. The van der Waals surface area contributed by atoms with Crippen LogP contribution < -0.4 is 4.57 Å². The topological polar surface area (TPSA) is 42.8 Å². The summed E-state index contributed by atoms with van der Waals surface area (Å²) in [5, 5.41) is 2.00. The van der Waals surface area contributed by atoms with E-state index < -0.39 is 0 Å². The molecule has 0 saturated carbocycles. The molecule has 4 heterocycles. The molecule has 0 saturated heterocycles. The molecular weight excluding hydrogens is 358 g/mol. The molecule has 1 aromatic carbocycles. The minimum atomic E-state index is 0.626. The van der Waals surface area contributed by atoms with Crippen LogP contribution in [0.15, 0.2) is 65.2 Å². The third-order valence-electron chi connectivity index (χ3n) is 5.51. The fourth-order valence-corrected chi connectivity index (χ4v) is 3.97. The van der Waals surface area contributed by atoms with Crippen molar-refractivity contribution in [1.29, 1.82) is 0 Å². The lowest BCUT2D eigenvalue weighted by atomic mass is 10.00. The molecule has 5 aromatic rings. The number of hydrogen-bond acceptors (Lipinski definition) is 3. The minimum absolute atomic E-state index is 0.626. The van der Waals surface area contributed by atoms with Crippen LogP contribution in [0, 0.1) is 20.8 Å². The van der Waals surface area contributed by atoms with E-state index in [1.165, 1.54) is 16.7 Å². The van der Waals surface area contributed by atoms with Gasteiger partial charge in [-0.3, -0.25) is 0 Å². The summed E-state index contributed by atoms with van der Waals surface area (Å²) in [7, 11) is 2.09. The molecule has 0 aliphatic rings. The molecule has 29 heavy (non-hydrogen) atoms. The molecule has 5 rings (SSSR count). The number of hydrogen-bond donors (Lipinski definition) is 0. The first-order valence-electron chi connectivity index (χ1n) is 9.75. The van der Waals surface area contributed by atoms with Crippen LogP contribution in [-0.4, -0.2) is 9.97 Å². The van der Waals surface area contributed by atoms with Crippen LogP contribution in [-0.2, 0) is 7.05 Å². The van der Waals surface area contributed by atoms with Crippen molar-refractivity contribution >= 4 is 22.2 Å². The first-order chi connectivity index (χ1) is 14.0. The zero-order valence-corrected chi connectivity index (χ0v) is 17.0. The quantitative estimate of drug-likeness (QED) is 0.382. The van der Waals surface area contributed by atoms with E-state index in [0.29, 0.717) is 11.4 Å². The van der Waals surface area contributed by atoms with E-state index in [4.69, 9.17) is 9.40 Å². The van der Waals surface area contributed by atoms with Crippen molar-refractivity contribution < 1.29 is 8.98 Å². The van der Waals surface area contributed by atoms with E-state index in [1.807, 2.05) is 13.0 Å². The van der Waals surface area contributed by atoms with Gasteiger partial charge in [0.05, 0.1) is 5.69 Å². The third-order valence-corrected chi connectivity index (χ3v) is 5.51. The SMILES string of the molecule is Cc1ccc2c(n1)oc1nc(-c3cc(-c4ccccc4C)[n+](C)cc3C)ccc12. The second-order valence-corrected chi connectivity index (χ2v) is 7.64. The van der Waals surface area contributed by atoms with Gasteiger partial charge in [-0.1, -0.05) is 18.2 Å². The molecule has 0 unspecified atom stereocenters. The zero-order valence-electron chi connectivity index (χ0n) is 17.0. The number of benzene rings is 1. The highest BCUT2D eigenvalue weighted by molar-refractivity contribution is 6.02. The zero-order chi connectivity index (χ0) is 20.1. The van der Waals surface area contributed by atoms with Crippen LogP contribution in [0.2, 0.25) is 0 Å². The molecule has 0 atom stereocenters. The molecular formula is C25H22N3O+. The van der Waals surface area contributed by atoms with E-state index >= 15 is 0 Å². The molecule has 0 bridgehead atoms. The molecule has 4 aromatic heterocycles. The predicted molar refractivity (Wildman–Crippen MR) is 116 cm³/mol. The Kier molecular flexibility index (Phi) is 3.95. The van der Waals surface area contributed by atoms with Gasteiger partial charge >= 0.3 is 0 Å². The second kappa shape index (κ2) is 6.52. The molecule has 142 valence electrons. The molecule has 0 aliphatic heterocycles. The molecule has 4 nitrogen and oxygen atoms in total. The van der Waals surface area contributed by atoms with Crippen molar-refractivity contribution in [1.82, 2.24) is 9.97 Å². The van der Waals surface area contributed by atoms with E-state index in [1.54, 1.807) is 0 Å². The Morgan fingerprint density at radius 3 is 2.28 bits per heavy atom. The van der Waals surface area contributed by atoms with Gasteiger partial charge in [-0.25, -0.2) is 14.5 Å². The third kappa shape index (κ3) is 2.88. The molecule has 0 N–H and O–H groups in total. The Morgan fingerprint density at radius 1 is 0.759 bits per heavy atom. The maximum atomic E-state index is 5.97. The monoisotopic (exact) mass is 380 g/mol. The average Bonchev–Trinajstić information content (AvgIpc) is 3.05. The largest absolute Gasteiger partial charge is 0.419 e. The summed E-state index contributed by atoms with van der Waals surface area (Å²) in [5.41, 5.74) is 9.01. The van der Waals surface area contributed by atoms with Gasteiger partial charge in [-0.2, -0.15) is 0 Å². The Labute approximate surface area is 169 Å². The summed E-state index contributed by atoms with van der Waals surface area (Å²) in [6, 6.07) is 18.9. The van der Waals surface area contributed by atoms with Crippen molar-refractivity contribution in [2.45, 2.75) is 20.8 Å². The molecule has 0 fully saturated rings. The Bertz CT molecular complexity index is 1400. The van der Waals surface area contributed by atoms with Crippen molar-refractivity contribution in [3.63, 3.8) is 0 Å². The summed E-state index contributed by atoms with van der Waals surface area (Å²) >= 11 is 0. The molecule has 0 aliphatic carbocycles. The summed E-state index contributed by atoms with van der Waals surface area (Å²) in [6.07, 6.45) is 2.16. The number of pyridine rings is 3. The maximum absolute atomic E-state index is 5.97. The number of nitrogens with zero attached hydrogens (tertiary/aromatic N) is 3. The molecule has 0 amide bonds. The van der Waals surface area contributed by atoms with Crippen molar-refractivity contribution in [3.05, 3.63) is 77.6 Å². The van der Waals surface area contributed by atoms with Gasteiger partial charge in [0.25, 0.3) is 0 Å². The van der Waals surface area contributed by atoms with Crippen molar-refractivity contribution in [3.8, 4) is 22.5 Å². The smallest absolute Gasteiger partial charge is 0.230 e. The number of furan rings is 1. The van der Waals surface area contributed by atoms with Crippen molar-refractivity contribution in [2.24, 2.45) is 7.05 Å². The highest BCUT2D eigenvalue weighted by atomic mass is 16.3. The van der Waals surface area contributed by atoms with Gasteiger partial charge in [-0.15, -0.1) is 0 Å². The summed E-state index contributed by atoms with van der Waals surface area (Å²) < 4.78 is 8.14. The van der Waals surface area contributed by atoms with Gasteiger partial charge in [0.1, 0.15) is 7.05 Å². The van der Waals surface area contributed by atoms with Crippen LogP contribution >= 0.6 is 0 Å². The van der Waals surface area contributed by atoms with Crippen LogP contribution in [0.3, 0.4) is 0 Å². The maximum Gasteiger partial charge on any atom is 0.230 e. The number of aromatic nitrogens is 3. The number of rotatable bonds is 2.